The van der Waals surface area contributed by atoms with Gasteiger partial charge in [-0.15, -0.1) is 23.2 Å². The minimum absolute atomic E-state index is 0.114. The van der Waals surface area contributed by atoms with Gasteiger partial charge in [0.05, 0.1) is 10.8 Å². The summed E-state index contributed by atoms with van der Waals surface area (Å²) in [5, 5.41) is 23.5. The number of ether oxygens (including phenoxy) is 1. The second-order valence-corrected chi connectivity index (χ2v) is 13.6. The highest BCUT2D eigenvalue weighted by Gasteiger charge is 2.72. The number of allylic oxidation sites excluding steroid dienone is 1. The molecule has 0 radical (unpaired) electrons. The van der Waals surface area contributed by atoms with Crippen LogP contribution < -0.4 is 4.73 Å². The highest BCUT2D eigenvalue weighted by atomic mass is 35.5. The van der Waals surface area contributed by atoms with Crippen LogP contribution in [-0.2, 0) is 19.1 Å². The highest BCUT2D eigenvalue weighted by molar-refractivity contribution is 7.09. The molecule has 38 heavy (non-hydrogen) atoms. The Morgan fingerprint density at radius 1 is 1.24 bits per heavy atom. The van der Waals surface area contributed by atoms with Crippen LogP contribution >= 0.6 is 34.5 Å². The molecular formula is C28H36Cl2NO6S+. The number of hydrogen-bond donors (Lipinski definition) is 2. The molecule has 2 N–H and O–H groups in total. The number of ketones is 2. The number of hydrogen-bond acceptors (Lipinski definition) is 7. The molecule has 1 aliphatic heterocycles. The smallest absolute Gasteiger partial charge is 0.313 e. The van der Waals surface area contributed by atoms with Crippen molar-refractivity contribution in [3.8, 4) is 0 Å². The van der Waals surface area contributed by atoms with Crippen LogP contribution in [0.15, 0.2) is 34.8 Å². The van der Waals surface area contributed by atoms with Crippen LogP contribution in [0, 0.1) is 23.7 Å². The fourth-order valence-electron chi connectivity index (χ4n) is 5.00. The second kappa shape index (κ2) is 10.9. The van der Waals surface area contributed by atoms with Crippen molar-refractivity contribution in [1.29, 1.82) is 0 Å². The number of esters is 1. The summed E-state index contributed by atoms with van der Waals surface area (Å²) in [5.41, 5.74) is -0.489. The number of carbonyl (C=O) groups excluding carboxylic acids is 3. The van der Waals surface area contributed by atoms with E-state index in [2.05, 4.69) is 6.58 Å². The topological polar surface area (TPSA) is 105 Å². The third-order valence-electron chi connectivity index (χ3n) is 8.14. The number of aliphatic hydroxyl groups is 1. The minimum atomic E-state index is -1.58. The zero-order valence-corrected chi connectivity index (χ0v) is 25.0. The number of cyclic esters (lactones) is 1. The van der Waals surface area contributed by atoms with Gasteiger partial charge in [-0.05, 0) is 58.1 Å². The summed E-state index contributed by atoms with van der Waals surface area (Å²) in [6.45, 7) is 13.8. The molecule has 0 bridgehead atoms. The van der Waals surface area contributed by atoms with Gasteiger partial charge in [0, 0.05) is 34.6 Å². The van der Waals surface area contributed by atoms with Gasteiger partial charge < -0.3 is 9.84 Å². The van der Waals surface area contributed by atoms with Gasteiger partial charge in [0.2, 0.25) is 0 Å². The van der Waals surface area contributed by atoms with E-state index in [4.69, 9.17) is 27.9 Å². The molecule has 0 spiro atoms. The van der Waals surface area contributed by atoms with E-state index in [0.717, 1.165) is 4.73 Å². The molecule has 3 rings (SSSR count). The van der Waals surface area contributed by atoms with Gasteiger partial charge in [-0.25, -0.2) is 0 Å². The summed E-state index contributed by atoms with van der Waals surface area (Å²) in [5.74, 6) is -2.29. The standard InChI is InChI=1S/C28H36Cl2NO6S/c1-15-9-8-10-27(7)21(28(27,29)30)12-20(16(2)11-19-14-38-18(4)31(19)36)37-23(33)13-22(32)26(5,6)25(35)17(3)24(15)34/h9,11,14,20-21,24,34,36H,3,8,10,12-13H2,1-2,4-7H3/q+1/b15-9+,16-11+/t20?,21?,24-,27+/m0/s1. The van der Waals surface area contributed by atoms with Crippen LogP contribution in [0.1, 0.15) is 71.0 Å². The third-order valence-corrected chi connectivity index (χ3v) is 10.4. The van der Waals surface area contributed by atoms with E-state index < -0.39 is 51.3 Å². The normalized spacial score (nSPS) is 32.3. The summed E-state index contributed by atoms with van der Waals surface area (Å²) in [6.07, 6.45) is 2.35. The molecule has 10 heteroatoms. The summed E-state index contributed by atoms with van der Waals surface area (Å²) < 4.78 is 5.78. The fraction of sp³-hybridized carbons (Fsp3) is 0.571. The molecule has 1 aromatic heterocycles. The van der Waals surface area contributed by atoms with E-state index in [-0.39, 0.29) is 11.5 Å². The van der Waals surface area contributed by atoms with Gasteiger partial charge in [-0.2, -0.15) is 0 Å². The lowest BCUT2D eigenvalue weighted by Gasteiger charge is -2.26. The zero-order chi connectivity index (χ0) is 28.8. The number of aliphatic hydroxyl groups excluding tert-OH is 1. The van der Waals surface area contributed by atoms with Gasteiger partial charge in [-0.1, -0.05) is 30.9 Å². The first-order valence-electron chi connectivity index (χ1n) is 12.5. The van der Waals surface area contributed by atoms with Gasteiger partial charge in [-0.3, -0.25) is 19.6 Å². The quantitative estimate of drug-likeness (QED) is 0.0928. The van der Waals surface area contributed by atoms with Crippen molar-refractivity contribution in [3.63, 3.8) is 0 Å². The number of thiazole rings is 1. The van der Waals surface area contributed by atoms with Crippen LogP contribution in [0.5, 0.6) is 0 Å². The van der Waals surface area contributed by atoms with E-state index >= 15 is 0 Å². The van der Waals surface area contributed by atoms with Crippen molar-refractivity contribution in [3.05, 3.63) is 45.5 Å². The third kappa shape index (κ3) is 5.64. The van der Waals surface area contributed by atoms with Crippen molar-refractivity contribution < 1.29 is 34.2 Å². The molecule has 208 valence electrons. The lowest BCUT2D eigenvalue weighted by atomic mass is 9.77. The Morgan fingerprint density at radius 2 is 1.87 bits per heavy atom. The predicted octanol–water partition coefficient (Wildman–Crippen LogP) is 5.31. The Labute approximate surface area is 237 Å². The van der Waals surface area contributed by atoms with E-state index in [1.165, 1.54) is 25.2 Å². The van der Waals surface area contributed by atoms with Gasteiger partial charge in [0.15, 0.2) is 11.6 Å². The number of nitrogens with zero attached hydrogens (tertiary/aromatic N) is 1. The molecule has 2 heterocycles. The lowest BCUT2D eigenvalue weighted by molar-refractivity contribution is -0.906. The average molecular weight is 586 g/mol. The van der Waals surface area contributed by atoms with Crippen LogP contribution in [0.2, 0.25) is 0 Å². The van der Waals surface area contributed by atoms with Crippen molar-refractivity contribution in [2.45, 2.75) is 83.8 Å². The highest BCUT2D eigenvalue weighted by Crippen LogP contribution is 2.72. The van der Waals surface area contributed by atoms with Gasteiger partial charge in [0.1, 0.15) is 23.0 Å². The first-order valence-corrected chi connectivity index (χ1v) is 14.1. The molecule has 2 unspecified atom stereocenters. The molecule has 0 amide bonds. The number of Topliss-reactive ketones (excluding diaryl/α,β-unsaturated/α-hetero) is 2. The summed E-state index contributed by atoms with van der Waals surface area (Å²) in [6, 6.07) is 0. The molecule has 0 saturated heterocycles. The summed E-state index contributed by atoms with van der Waals surface area (Å²) in [4.78, 5) is 39.2. The molecule has 1 fully saturated rings. The molecule has 0 aromatic carbocycles. The Balaban J connectivity index is 2.00. The molecule has 1 aromatic rings. The zero-order valence-electron chi connectivity index (χ0n) is 22.6. The average Bonchev–Trinajstić information content (AvgIpc) is 3.05. The Hall–Kier alpha value is -2.00. The predicted molar refractivity (Wildman–Crippen MR) is 147 cm³/mol. The van der Waals surface area contributed by atoms with Crippen molar-refractivity contribution >= 4 is 58.2 Å². The van der Waals surface area contributed by atoms with Crippen LogP contribution in [0.25, 0.3) is 6.08 Å². The molecule has 1 aliphatic carbocycles. The van der Waals surface area contributed by atoms with Crippen LogP contribution in [-0.4, -0.2) is 44.4 Å². The summed E-state index contributed by atoms with van der Waals surface area (Å²) >= 11 is 14.9. The fourth-order valence-corrected chi connectivity index (χ4v) is 6.67. The SMILES string of the molecule is C=C1C(=O)C(C)(C)C(=O)CC(=O)OC(/C(C)=C/c2csc(C)[n+]2O)CC2C(Cl)(Cl)[C@]2(C)CC/C=C(\C)[C@@H]1O. The number of aryl methyl sites for hydroxylation is 1. The van der Waals surface area contributed by atoms with Crippen molar-refractivity contribution in [1.82, 2.24) is 0 Å². The summed E-state index contributed by atoms with van der Waals surface area (Å²) in [7, 11) is 0. The molecular weight excluding hydrogens is 549 g/mol. The van der Waals surface area contributed by atoms with Crippen LogP contribution in [0.3, 0.4) is 0 Å². The van der Waals surface area contributed by atoms with Crippen molar-refractivity contribution in [2.24, 2.45) is 16.7 Å². The first kappa shape index (κ1) is 30.5. The monoisotopic (exact) mass is 584 g/mol. The number of aromatic nitrogens is 1. The molecule has 4 atom stereocenters. The maximum atomic E-state index is 13.1. The first-order chi connectivity index (χ1) is 17.4. The molecule has 1 saturated carbocycles. The Kier molecular flexibility index (Phi) is 8.74. The number of halogens is 2. The molecule has 7 nitrogen and oxygen atoms in total. The maximum Gasteiger partial charge on any atom is 0.313 e. The van der Waals surface area contributed by atoms with E-state index in [1.54, 1.807) is 32.2 Å². The Morgan fingerprint density at radius 3 is 2.45 bits per heavy atom. The van der Waals surface area contributed by atoms with Crippen molar-refractivity contribution in [2.75, 3.05) is 0 Å². The molecule has 2 aliphatic rings. The lowest BCUT2D eigenvalue weighted by Crippen LogP contribution is -2.39. The number of fused-ring (bicyclic) bond motifs is 1. The number of carbonyl (C=O) groups is 3. The van der Waals surface area contributed by atoms with Crippen LogP contribution in [0.4, 0.5) is 0 Å². The van der Waals surface area contributed by atoms with Gasteiger partial charge in [0.25, 0.3) is 10.7 Å². The largest absolute Gasteiger partial charge is 0.457 e. The van der Waals surface area contributed by atoms with Gasteiger partial charge >= 0.3 is 5.97 Å². The second-order valence-electron chi connectivity index (χ2n) is 11.2. The van der Waals surface area contributed by atoms with E-state index in [1.807, 2.05) is 13.0 Å². The minimum Gasteiger partial charge on any atom is -0.457 e. The van der Waals surface area contributed by atoms with E-state index in [0.29, 0.717) is 41.1 Å². The number of rotatable bonds is 2. The number of alkyl halides is 2. The Bertz CT molecular complexity index is 1230. The maximum absolute atomic E-state index is 13.1. The van der Waals surface area contributed by atoms with E-state index in [9.17, 15) is 24.7 Å².